The molecule has 104 valence electrons. The maximum absolute atomic E-state index is 11.5. The molecule has 0 saturated heterocycles. The number of carboxylic acids is 1. The summed E-state index contributed by atoms with van der Waals surface area (Å²) in [6, 6.07) is 7.43. The zero-order valence-corrected chi connectivity index (χ0v) is 11.6. The third-order valence-electron chi connectivity index (χ3n) is 2.82. The molecule has 19 heavy (non-hydrogen) atoms. The quantitative estimate of drug-likeness (QED) is 0.831. The maximum Gasteiger partial charge on any atom is 0.322 e. The summed E-state index contributed by atoms with van der Waals surface area (Å²) in [6.45, 7) is 1.72. The fourth-order valence-corrected chi connectivity index (χ4v) is 1.81. The van der Waals surface area contributed by atoms with Crippen molar-refractivity contribution in [1.29, 1.82) is 0 Å². The van der Waals surface area contributed by atoms with Crippen molar-refractivity contribution in [2.45, 2.75) is 13.0 Å². The lowest BCUT2D eigenvalue weighted by Gasteiger charge is -2.24. The van der Waals surface area contributed by atoms with Gasteiger partial charge in [0, 0.05) is 11.1 Å². The molecule has 2 N–H and O–H groups in total. The molecule has 0 radical (unpaired) electrons. The van der Waals surface area contributed by atoms with Crippen LogP contribution >= 0.6 is 11.6 Å². The molecule has 6 heteroatoms. The number of likely N-dealkylation sites (N-methyl/N-ethyl adjacent to an activating group) is 1. The second kappa shape index (κ2) is 7.11. The molecule has 0 aromatic heterocycles. The lowest BCUT2D eigenvalue weighted by Crippen LogP contribution is -2.38. The minimum atomic E-state index is -1.06. The van der Waals surface area contributed by atoms with E-state index in [1.54, 1.807) is 13.1 Å². The fourth-order valence-electron chi connectivity index (χ4n) is 1.61. The number of aliphatic carboxylic acids is 1. The second-order valence-electron chi connectivity index (χ2n) is 4.32. The fraction of sp³-hybridized carbons (Fsp3) is 0.385. The van der Waals surface area contributed by atoms with Crippen molar-refractivity contribution in [2.24, 2.45) is 0 Å². The first-order valence-corrected chi connectivity index (χ1v) is 6.22. The number of halogens is 1. The second-order valence-corrected chi connectivity index (χ2v) is 4.75. The third kappa shape index (κ3) is 5.28. The number of carboxylic acid groups (broad SMARTS) is 1. The van der Waals surface area contributed by atoms with Crippen LogP contribution in [0.1, 0.15) is 18.5 Å². The summed E-state index contributed by atoms with van der Waals surface area (Å²) in [5.41, 5.74) is 1.00. The summed E-state index contributed by atoms with van der Waals surface area (Å²) in [5, 5.41) is 11.4. The van der Waals surface area contributed by atoms with Crippen molar-refractivity contribution in [2.75, 3.05) is 20.1 Å². The molecule has 0 aliphatic rings. The molecule has 0 fully saturated rings. The predicted molar refractivity (Wildman–Crippen MR) is 73.1 cm³/mol. The Morgan fingerprint density at radius 3 is 2.74 bits per heavy atom. The average molecular weight is 285 g/mol. The molecule has 1 amide bonds. The van der Waals surface area contributed by atoms with E-state index in [0.717, 1.165) is 5.56 Å². The summed E-state index contributed by atoms with van der Waals surface area (Å²) in [6.07, 6.45) is 0. The van der Waals surface area contributed by atoms with E-state index in [4.69, 9.17) is 16.7 Å². The van der Waals surface area contributed by atoms with Crippen LogP contribution in [0.2, 0.25) is 5.02 Å². The molecular formula is C13H17ClN2O3. The molecule has 0 heterocycles. The van der Waals surface area contributed by atoms with E-state index in [2.05, 4.69) is 5.32 Å². The first kappa shape index (κ1) is 15.5. The zero-order chi connectivity index (χ0) is 14.4. The normalized spacial score (nSPS) is 12.2. The third-order valence-corrected chi connectivity index (χ3v) is 3.06. The van der Waals surface area contributed by atoms with E-state index in [-0.39, 0.29) is 25.0 Å². The van der Waals surface area contributed by atoms with Gasteiger partial charge in [-0.05, 0) is 31.7 Å². The van der Waals surface area contributed by atoms with E-state index >= 15 is 0 Å². The van der Waals surface area contributed by atoms with Gasteiger partial charge in [-0.3, -0.25) is 14.5 Å². The average Bonchev–Trinajstić information content (AvgIpc) is 2.35. The van der Waals surface area contributed by atoms with E-state index in [0.29, 0.717) is 5.02 Å². The smallest absolute Gasteiger partial charge is 0.322 e. The number of nitrogens with one attached hydrogen (secondary N) is 1. The van der Waals surface area contributed by atoms with Gasteiger partial charge in [0.15, 0.2) is 0 Å². The highest BCUT2D eigenvalue weighted by Crippen LogP contribution is 2.21. The summed E-state index contributed by atoms with van der Waals surface area (Å²) >= 11 is 5.92. The Morgan fingerprint density at radius 2 is 2.16 bits per heavy atom. The molecule has 0 aliphatic carbocycles. The van der Waals surface area contributed by atoms with Gasteiger partial charge in [-0.25, -0.2) is 0 Å². The summed E-state index contributed by atoms with van der Waals surface area (Å²) in [7, 11) is 1.80. The maximum atomic E-state index is 11.5. The number of benzene rings is 1. The lowest BCUT2D eigenvalue weighted by molar-refractivity contribution is -0.138. The van der Waals surface area contributed by atoms with Crippen LogP contribution in [0.25, 0.3) is 0 Å². The van der Waals surface area contributed by atoms with Crippen LogP contribution in [0.5, 0.6) is 0 Å². The van der Waals surface area contributed by atoms with Gasteiger partial charge >= 0.3 is 5.97 Å². The molecule has 0 saturated carbocycles. The van der Waals surface area contributed by atoms with Gasteiger partial charge in [0.05, 0.1) is 6.54 Å². The van der Waals surface area contributed by atoms with E-state index in [9.17, 15) is 9.59 Å². The van der Waals surface area contributed by atoms with Gasteiger partial charge in [0.25, 0.3) is 0 Å². The van der Waals surface area contributed by atoms with Crippen LogP contribution in [-0.4, -0.2) is 42.0 Å². The van der Waals surface area contributed by atoms with Crippen LogP contribution < -0.4 is 5.32 Å². The number of rotatable bonds is 6. The Balaban J connectivity index is 2.55. The minimum Gasteiger partial charge on any atom is -0.480 e. The van der Waals surface area contributed by atoms with Crippen molar-refractivity contribution in [1.82, 2.24) is 10.2 Å². The van der Waals surface area contributed by atoms with Crippen LogP contribution in [-0.2, 0) is 9.59 Å². The van der Waals surface area contributed by atoms with Gasteiger partial charge in [-0.2, -0.15) is 0 Å². The molecule has 1 aromatic rings. The van der Waals surface area contributed by atoms with Crippen LogP contribution in [0.4, 0.5) is 0 Å². The van der Waals surface area contributed by atoms with Crippen molar-refractivity contribution < 1.29 is 14.7 Å². The van der Waals surface area contributed by atoms with Gasteiger partial charge < -0.3 is 10.4 Å². The zero-order valence-electron chi connectivity index (χ0n) is 10.9. The van der Waals surface area contributed by atoms with Gasteiger partial charge in [0.2, 0.25) is 5.91 Å². The highest BCUT2D eigenvalue weighted by atomic mass is 35.5. The Labute approximate surface area is 117 Å². The highest BCUT2D eigenvalue weighted by molar-refractivity contribution is 6.30. The first-order valence-electron chi connectivity index (χ1n) is 5.84. The Morgan fingerprint density at radius 1 is 1.47 bits per heavy atom. The SMILES string of the molecule is CC(c1cccc(Cl)c1)N(C)CC(=O)NCC(=O)O. The Kier molecular flexibility index (Phi) is 5.79. The van der Waals surface area contributed by atoms with Crippen LogP contribution in [0.3, 0.4) is 0 Å². The Hall–Kier alpha value is -1.59. The number of carbonyl (C=O) groups is 2. The van der Waals surface area contributed by atoms with Crippen molar-refractivity contribution >= 4 is 23.5 Å². The molecular weight excluding hydrogens is 268 g/mol. The van der Waals surface area contributed by atoms with Crippen molar-refractivity contribution in [3.8, 4) is 0 Å². The molecule has 1 unspecified atom stereocenters. The van der Waals surface area contributed by atoms with Gasteiger partial charge in [0.1, 0.15) is 6.54 Å². The summed E-state index contributed by atoms with van der Waals surface area (Å²) in [4.78, 5) is 23.7. The van der Waals surface area contributed by atoms with E-state index in [1.807, 2.05) is 30.0 Å². The standard InChI is InChI=1S/C13H17ClN2O3/c1-9(10-4-3-5-11(14)6-10)16(2)8-12(17)15-7-13(18)19/h3-6,9H,7-8H2,1-2H3,(H,15,17)(H,18,19). The summed E-state index contributed by atoms with van der Waals surface area (Å²) < 4.78 is 0. The number of hydrogen-bond acceptors (Lipinski definition) is 3. The number of carbonyl (C=O) groups excluding carboxylic acids is 1. The summed E-state index contributed by atoms with van der Waals surface area (Å²) in [5.74, 6) is -1.38. The molecule has 1 rings (SSSR count). The topological polar surface area (TPSA) is 69.6 Å². The van der Waals surface area contributed by atoms with Crippen molar-refractivity contribution in [3.63, 3.8) is 0 Å². The largest absolute Gasteiger partial charge is 0.480 e. The first-order chi connectivity index (χ1) is 8.90. The molecule has 0 spiro atoms. The highest BCUT2D eigenvalue weighted by Gasteiger charge is 2.15. The molecule has 0 bridgehead atoms. The number of amides is 1. The number of nitrogens with zero attached hydrogens (tertiary/aromatic N) is 1. The van der Waals surface area contributed by atoms with Crippen LogP contribution in [0.15, 0.2) is 24.3 Å². The molecule has 1 atom stereocenters. The van der Waals surface area contributed by atoms with E-state index in [1.165, 1.54) is 0 Å². The lowest BCUT2D eigenvalue weighted by atomic mass is 10.1. The van der Waals surface area contributed by atoms with Crippen molar-refractivity contribution in [3.05, 3.63) is 34.9 Å². The van der Waals surface area contributed by atoms with Crippen LogP contribution in [0, 0.1) is 0 Å². The molecule has 1 aromatic carbocycles. The van der Waals surface area contributed by atoms with Gasteiger partial charge in [-0.1, -0.05) is 23.7 Å². The van der Waals surface area contributed by atoms with Gasteiger partial charge in [-0.15, -0.1) is 0 Å². The molecule has 0 aliphatic heterocycles. The molecule has 5 nitrogen and oxygen atoms in total. The Bertz CT molecular complexity index is 465. The minimum absolute atomic E-state index is 0.00859. The predicted octanol–water partition coefficient (Wildman–Crippen LogP) is 1.53. The monoisotopic (exact) mass is 284 g/mol. The number of hydrogen-bond donors (Lipinski definition) is 2. The van der Waals surface area contributed by atoms with E-state index < -0.39 is 5.97 Å².